The van der Waals surface area contributed by atoms with Crippen LogP contribution in [0, 0.1) is 5.82 Å². The summed E-state index contributed by atoms with van der Waals surface area (Å²) >= 11 is 0. The van der Waals surface area contributed by atoms with E-state index in [2.05, 4.69) is 9.72 Å². The van der Waals surface area contributed by atoms with Crippen molar-refractivity contribution < 1.29 is 27.4 Å². The van der Waals surface area contributed by atoms with Gasteiger partial charge in [0.25, 0.3) is 0 Å². The van der Waals surface area contributed by atoms with Gasteiger partial charge in [0.1, 0.15) is 17.3 Å². The number of nitrogens with zero attached hydrogens (tertiary/aromatic N) is 1. The van der Waals surface area contributed by atoms with Gasteiger partial charge in [-0.15, -0.1) is 13.2 Å². The Labute approximate surface area is 111 Å². The van der Waals surface area contributed by atoms with Crippen molar-refractivity contribution in [1.82, 2.24) is 4.98 Å². The maximum atomic E-state index is 13.5. The summed E-state index contributed by atoms with van der Waals surface area (Å²) in [5.41, 5.74) is 0.00300. The molecule has 7 heteroatoms. The van der Waals surface area contributed by atoms with Crippen LogP contribution < -0.4 is 4.74 Å². The van der Waals surface area contributed by atoms with Gasteiger partial charge in [-0.25, -0.2) is 4.39 Å². The fraction of sp³-hybridized carbons (Fsp3) is 0.154. The highest BCUT2D eigenvalue weighted by Gasteiger charge is 2.32. The first-order valence-electron chi connectivity index (χ1n) is 5.51. The van der Waals surface area contributed by atoms with Crippen molar-refractivity contribution >= 4 is 0 Å². The smallest absolute Gasteiger partial charge is 0.405 e. The number of hydrogen-bond donors (Lipinski definition) is 1. The maximum absolute atomic E-state index is 13.5. The van der Waals surface area contributed by atoms with Crippen molar-refractivity contribution in [1.29, 1.82) is 0 Å². The lowest BCUT2D eigenvalue weighted by atomic mass is 10.1. The van der Waals surface area contributed by atoms with Crippen molar-refractivity contribution in [3.8, 4) is 16.9 Å². The van der Waals surface area contributed by atoms with Crippen LogP contribution in [0.5, 0.6) is 5.75 Å². The molecule has 0 aliphatic carbocycles. The van der Waals surface area contributed by atoms with E-state index in [1.54, 1.807) is 0 Å². The number of alkyl halides is 3. The molecule has 1 aromatic heterocycles. The summed E-state index contributed by atoms with van der Waals surface area (Å²) in [6, 6.07) is 6.35. The zero-order chi connectivity index (χ0) is 14.8. The highest BCUT2D eigenvalue weighted by atomic mass is 19.4. The van der Waals surface area contributed by atoms with Gasteiger partial charge in [-0.05, 0) is 12.1 Å². The minimum atomic E-state index is -4.84. The zero-order valence-electron chi connectivity index (χ0n) is 9.99. The lowest BCUT2D eigenvalue weighted by molar-refractivity contribution is -0.274. The Balaban J connectivity index is 2.45. The van der Waals surface area contributed by atoms with Crippen LogP contribution in [0.1, 0.15) is 5.69 Å². The number of aromatic nitrogens is 1. The highest BCUT2D eigenvalue weighted by Crippen LogP contribution is 2.33. The molecule has 2 rings (SSSR count). The molecule has 3 nitrogen and oxygen atoms in total. The van der Waals surface area contributed by atoms with Crippen molar-refractivity contribution in [3.05, 3.63) is 48.0 Å². The Kier molecular flexibility index (Phi) is 3.89. The molecule has 0 bridgehead atoms. The van der Waals surface area contributed by atoms with E-state index in [1.807, 2.05) is 0 Å². The van der Waals surface area contributed by atoms with Gasteiger partial charge in [0.15, 0.2) is 0 Å². The average molecular weight is 287 g/mol. The molecule has 106 valence electrons. The van der Waals surface area contributed by atoms with Gasteiger partial charge < -0.3 is 9.84 Å². The summed E-state index contributed by atoms with van der Waals surface area (Å²) in [6.07, 6.45) is -3.67. The Bertz CT molecular complexity index is 614. The monoisotopic (exact) mass is 287 g/mol. The Hall–Kier alpha value is -2.15. The van der Waals surface area contributed by atoms with E-state index in [9.17, 15) is 17.6 Å². The van der Waals surface area contributed by atoms with Crippen LogP contribution in [0.25, 0.3) is 11.1 Å². The molecule has 0 radical (unpaired) electrons. The van der Waals surface area contributed by atoms with Crippen LogP contribution in [-0.2, 0) is 6.61 Å². The van der Waals surface area contributed by atoms with E-state index in [1.165, 1.54) is 24.4 Å². The standard InChI is InChI=1S/C13H9F4NO2/c14-10-5-8(6-18-11(10)7-19)9-3-1-2-4-12(9)20-13(15,16)17/h1-6,19H,7H2. The lowest BCUT2D eigenvalue weighted by Gasteiger charge is -2.13. The van der Waals surface area contributed by atoms with E-state index < -0.39 is 24.5 Å². The summed E-state index contributed by atoms with van der Waals surface area (Å²) < 4.78 is 54.3. The van der Waals surface area contributed by atoms with Crippen molar-refractivity contribution in [2.24, 2.45) is 0 Å². The van der Waals surface area contributed by atoms with Gasteiger partial charge in [0.2, 0.25) is 0 Å². The minimum absolute atomic E-state index is 0.0562. The predicted octanol–water partition coefficient (Wildman–Crippen LogP) is 3.28. The molecule has 0 amide bonds. The number of aliphatic hydroxyl groups excluding tert-OH is 1. The van der Waals surface area contributed by atoms with Gasteiger partial charge in [0, 0.05) is 17.3 Å². The molecule has 0 spiro atoms. The van der Waals surface area contributed by atoms with Gasteiger partial charge >= 0.3 is 6.36 Å². The number of halogens is 4. The molecule has 0 fully saturated rings. The Morgan fingerprint density at radius 2 is 1.90 bits per heavy atom. The summed E-state index contributed by atoms with van der Waals surface area (Å²) in [5, 5.41) is 8.81. The van der Waals surface area contributed by atoms with Crippen LogP contribution >= 0.6 is 0 Å². The maximum Gasteiger partial charge on any atom is 0.573 e. The largest absolute Gasteiger partial charge is 0.573 e. The summed E-state index contributed by atoms with van der Waals surface area (Å²) in [6.45, 7) is -0.590. The van der Waals surface area contributed by atoms with Crippen molar-refractivity contribution in [3.63, 3.8) is 0 Å². The fourth-order valence-corrected chi connectivity index (χ4v) is 1.65. The third kappa shape index (κ3) is 3.24. The first kappa shape index (κ1) is 14.3. The fourth-order valence-electron chi connectivity index (χ4n) is 1.65. The molecule has 1 N–H and O–H groups in total. The SMILES string of the molecule is OCc1ncc(-c2ccccc2OC(F)(F)F)cc1F. The quantitative estimate of drug-likeness (QED) is 0.881. The topological polar surface area (TPSA) is 42.4 Å². The van der Waals surface area contributed by atoms with Crippen LogP contribution in [0.3, 0.4) is 0 Å². The molecule has 0 aliphatic rings. The summed E-state index contributed by atoms with van der Waals surface area (Å²) in [4.78, 5) is 3.65. The molecule has 0 unspecified atom stereocenters. The van der Waals surface area contributed by atoms with E-state index in [4.69, 9.17) is 5.11 Å². The van der Waals surface area contributed by atoms with Gasteiger partial charge in [-0.3, -0.25) is 4.98 Å². The molecule has 0 saturated carbocycles. The number of para-hydroxylation sites is 1. The molecule has 20 heavy (non-hydrogen) atoms. The van der Waals surface area contributed by atoms with Crippen LogP contribution in [0.15, 0.2) is 36.5 Å². The Morgan fingerprint density at radius 1 is 1.20 bits per heavy atom. The minimum Gasteiger partial charge on any atom is -0.405 e. The van der Waals surface area contributed by atoms with Crippen molar-refractivity contribution in [2.75, 3.05) is 0 Å². The van der Waals surface area contributed by atoms with Crippen LogP contribution in [-0.4, -0.2) is 16.5 Å². The average Bonchev–Trinajstić information content (AvgIpc) is 2.37. The first-order valence-corrected chi connectivity index (χ1v) is 5.51. The molecule has 2 aromatic rings. The number of ether oxygens (including phenoxy) is 1. The van der Waals surface area contributed by atoms with E-state index in [0.29, 0.717) is 0 Å². The van der Waals surface area contributed by atoms with Gasteiger partial charge in [-0.2, -0.15) is 0 Å². The van der Waals surface area contributed by atoms with E-state index >= 15 is 0 Å². The van der Waals surface area contributed by atoms with E-state index in [0.717, 1.165) is 12.1 Å². The molecule has 1 aromatic carbocycles. The normalized spacial score (nSPS) is 11.4. The first-order chi connectivity index (χ1) is 9.40. The molecule has 1 heterocycles. The third-order valence-corrected chi connectivity index (χ3v) is 2.49. The molecule has 0 aliphatic heterocycles. The lowest BCUT2D eigenvalue weighted by Crippen LogP contribution is -2.17. The van der Waals surface area contributed by atoms with Crippen LogP contribution in [0.4, 0.5) is 17.6 Å². The number of pyridine rings is 1. The molecule has 0 atom stereocenters. The van der Waals surface area contributed by atoms with Crippen LogP contribution in [0.2, 0.25) is 0 Å². The second-order valence-corrected chi connectivity index (χ2v) is 3.85. The second kappa shape index (κ2) is 5.46. The highest BCUT2D eigenvalue weighted by molar-refractivity contribution is 5.69. The van der Waals surface area contributed by atoms with E-state index in [-0.39, 0.29) is 16.8 Å². The molecular formula is C13H9F4NO2. The molecular weight excluding hydrogens is 278 g/mol. The summed E-state index contributed by atoms with van der Waals surface area (Å²) in [7, 11) is 0. The third-order valence-electron chi connectivity index (χ3n) is 2.49. The number of hydrogen-bond acceptors (Lipinski definition) is 3. The molecule has 0 saturated heterocycles. The zero-order valence-corrected chi connectivity index (χ0v) is 9.99. The number of aliphatic hydroxyl groups is 1. The summed E-state index contributed by atoms with van der Waals surface area (Å²) in [5.74, 6) is -1.25. The second-order valence-electron chi connectivity index (χ2n) is 3.85. The van der Waals surface area contributed by atoms with Crippen molar-refractivity contribution in [2.45, 2.75) is 13.0 Å². The Morgan fingerprint density at radius 3 is 2.50 bits per heavy atom. The van der Waals surface area contributed by atoms with Gasteiger partial charge in [0.05, 0.1) is 6.61 Å². The number of benzene rings is 1. The predicted molar refractivity (Wildman–Crippen MR) is 62.2 cm³/mol. The number of rotatable bonds is 3. The van der Waals surface area contributed by atoms with Gasteiger partial charge in [-0.1, -0.05) is 18.2 Å².